The van der Waals surface area contributed by atoms with Gasteiger partial charge in [0.25, 0.3) is 0 Å². The Morgan fingerprint density at radius 2 is 2.07 bits per heavy atom. The van der Waals surface area contributed by atoms with Crippen LogP contribution in [0.1, 0.15) is 33.6 Å². The predicted molar refractivity (Wildman–Crippen MR) is 105 cm³/mol. The second-order valence-corrected chi connectivity index (χ2v) is 8.12. The van der Waals surface area contributed by atoms with Gasteiger partial charge in [-0.1, -0.05) is 0 Å². The first kappa shape index (κ1) is 19.5. The highest BCUT2D eigenvalue weighted by Gasteiger charge is 2.32. The van der Waals surface area contributed by atoms with E-state index in [0.29, 0.717) is 29.2 Å². The summed E-state index contributed by atoms with van der Waals surface area (Å²) in [5.74, 6) is 0.631. The topological polar surface area (TPSA) is 93.1 Å². The zero-order valence-electron chi connectivity index (χ0n) is 15.6. The molecular formula is C18H23BrN6O2. The van der Waals surface area contributed by atoms with Crippen molar-refractivity contribution in [2.24, 2.45) is 0 Å². The van der Waals surface area contributed by atoms with Crippen LogP contribution in [0.5, 0.6) is 0 Å². The summed E-state index contributed by atoms with van der Waals surface area (Å²) in [6.45, 7) is 6.92. The number of halogens is 1. The third-order valence-corrected chi connectivity index (χ3v) is 4.65. The van der Waals surface area contributed by atoms with Gasteiger partial charge in [0, 0.05) is 31.0 Å². The minimum atomic E-state index is -0.497. The smallest absolute Gasteiger partial charge is 0.410 e. The summed E-state index contributed by atoms with van der Waals surface area (Å²) >= 11 is 3.46. The van der Waals surface area contributed by atoms with Gasteiger partial charge < -0.3 is 15.0 Å². The van der Waals surface area contributed by atoms with Crippen molar-refractivity contribution in [3.63, 3.8) is 0 Å². The highest BCUT2D eigenvalue weighted by atomic mass is 79.9. The molecule has 0 bridgehead atoms. The van der Waals surface area contributed by atoms with Gasteiger partial charge in [0.2, 0.25) is 0 Å². The summed E-state index contributed by atoms with van der Waals surface area (Å²) in [4.78, 5) is 31.1. The third kappa shape index (κ3) is 5.12. The Kier molecular flexibility index (Phi) is 5.88. The Morgan fingerprint density at radius 3 is 2.74 bits per heavy atom. The Morgan fingerprint density at radius 1 is 1.33 bits per heavy atom. The lowest BCUT2D eigenvalue weighted by molar-refractivity contribution is 0.0235. The maximum absolute atomic E-state index is 12.4. The van der Waals surface area contributed by atoms with Crippen LogP contribution in [0.2, 0.25) is 0 Å². The average molecular weight is 435 g/mol. The molecule has 3 rings (SSSR count). The molecule has 0 aromatic carbocycles. The molecule has 0 unspecified atom stereocenters. The van der Waals surface area contributed by atoms with Gasteiger partial charge in [0.05, 0.1) is 17.9 Å². The molecule has 144 valence electrons. The second kappa shape index (κ2) is 8.16. The van der Waals surface area contributed by atoms with E-state index in [2.05, 4.69) is 41.2 Å². The molecule has 27 heavy (non-hydrogen) atoms. The van der Waals surface area contributed by atoms with Crippen molar-refractivity contribution in [2.75, 3.05) is 18.4 Å². The van der Waals surface area contributed by atoms with E-state index in [1.165, 1.54) is 6.33 Å². The number of ether oxygens (including phenoxy) is 1. The Bertz CT molecular complexity index is 796. The van der Waals surface area contributed by atoms with Crippen molar-refractivity contribution < 1.29 is 9.53 Å². The minimum Gasteiger partial charge on any atom is -0.444 e. The normalized spacial score (nSPS) is 17.0. The van der Waals surface area contributed by atoms with E-state index in [1.54, 1.807) is 23.5 Å². The molecule has 1 aliphatic rings. The van der Waals surface area contributed by atoms with Crippen LogP contribution in [-0.4, -0.2) is 55.7 Å². The lowest BCUT2D eigenvalue weighted by Crippen LogP contribution is -2.42. The molecule has 0 radical (unpaired) electrons. The van der Waals surface area contributed by atoms with Crippen molar-refractivity contribution in [3.05, 3.63) is 29.5 Å². The second-order valence-electron chi connectivity index (χ2n) is 7.37. The lowest BCUT2D eigenvalue weighted by atomic mass is 10.2. The van der Waals surface area contributed by atoms with Crippen LogP contribution < -0.4 is 5.32 Å². The van der Waals surface area contributed by atoms with Crippen molar-refractivity contribution in [1.29, 1.82) is 0 Å². The van der Waals surface area contributed by atoms with E-state index in [9.17, 15) is 4.79 Å². The van der Waals surface area contributed by atoms with Crippen LogP contribution in [-0.2, 0) is 4.74 Å². The molecule has 1 aliphatic heterocycles. The Balaban J connectivity index is 1.63. The summed E-state index contributed by atoms with van der Waals surface area (Å²) in [6, 6.07) is 0.0655. The van der Waals surface area contributed by atoms with Crippen molar-refractivity contribution in [2.45, 2.75) is 45.3 Å². The van der Waals surface area contributed by atoms with Gasteiger partial charge in [0.1, 0.15) is 16.5 Å². The van der Waals surface area contributed by atoms with E-state index < -0.39 is 5.60 Å². The molecule has 2 aromatic heterocycles. The van der Waals surface area contributed by atoms with Gasteiger partial charge in [-0.25, -0.2) is 24.7 Å². The molecule has 0 saturated carbocycles. The average Bonchev–Trinajstić information content (AvgIpc) is 3.09. The number of amides is 1. The number of likely N-dealkylation sites (tertiary alicyclic amines) is 1. The first-order chi connectivity index (χ1) is 12.8. The molecule has 1 amide bonds. The highest BCUT2D eigenvalue weighted by Crippen LogP contribution is 2.24. The molecule has 1 atom stereocenters. The predicted octanol–water partition coefficient (Wildman–Crippen LogP) is 3.51. The van der Waals surface area contributed by atoms with Gasteiger partial charge in [-0.3, -0.25) is 0 Å². The summed E-state index contributed by atoms with van der Waals surface area (Å²) < 4.78 is 6.10. The van der Waals surface area contributed by atoms with Gasteiger partial charge in [-0.15, -0.1) is 0 Å². The number of hydrogen-bond acceptors (Lipinski definition) is 7. The largest absolute Gasteiger partial charge is 0.444 e. The Hall–Kier alpha value is -2.29. The van der Waals surface area contributed by atoms with E-state index in [0.717, 1.165) is 18.4 Å². The molecule has 8 nitrogen and oxygen atoms in total. The molecule has 0 spiro atoms. The number of carbonyl (C=O) groups excluding carboxylic acids is 1. The summed E-state index contributed by atoms with van der Waals surface area (Å²) in [5, 5.41) is 3.28. The number of anilines is 1. The maximum Gasteiger partial charge on any atom is 0.410 e. The van der Waals surface area contributed by atoms with Crippen LogP contribution >= 0.6 is 15.9 Å². The monoisotopic (exact) mass is 434 g/mol. The van der Waals surface area contributed by atoms with E-state index in [1.807, 2.05) is 20.8 Å². The zero-order chi connectivity index (χ0) is 19.4. The SMILES string of the molecule is CC(C)(C)OC(=O)N1CCC[C@H]1CNc1ncc(-c2cncnc2)nc1Br. The molecule has 1 N–H and O–H groups in total. The van der Waals surface area contributed by atoms with E-state index in [4.69, 9.17) is 4.74 Å². The molecule has 1 fully saturated rings. The van der Waals surface area contributed by atoms with Crippen LogP contribution in [0, 0.1) is 0 Å². The summed E-state index contributed by atoms with van der Waals surface area (Å²) in [5.41, 5.74) is 0.983. The lowest BCUT2D eigenvalue weighted by Gasteiger charge is -2.28. The third-order valence-electron chi connectivity index (χ3n) is 4.10. The molecular weight excluding hydrogens is 412 g/mol. The number of nitrogens with zero attached hydrogens (tertiary/aromatic N) is 5. The fourth-order valence-corrected chi connectivity index (χ4v) is 3.31. The van der Waals surface area contributed by atoms with E-state index >= 15 is 0 Å². The minimum absolute atomic E-state index is 0.0655. The van der Waals surface area contributed by atoms with Crippen molar-refractivity contribution in [3.8, 4) is 11.3 Å². The van der Waals surface area contributed by atoms with Crippen LogP contribution in [0.25, 0.3) is 11.3 Å². The maximum atomic E-state index is 12.4. The van der Waals surface area contributed by atoms with Crippen molar-refractivity contribution >= 4 is 27.8 Å². The molecule has 1 saturated heterocycles. The molecule has 2 aromatic rings. The number of carbonyl (C=O) groups is 1. The van der Waals surface area contributed by atoms with Crippen LogP contribution in [0.3, 0.4) is 0 Å². The van der Waals surface area contributed by atoms with Crippen LogP contribution in [0.4, 0.5) is 10.6 Å². The van der Waals surface area contributed by atoms with Crippen molar-refractivity contribution in [1.82, 2.24) is 24.8 Å². The number of nitrogens with one attached hydrogen (secondary N) is 1. The molecule has 3 heterocycles. The van der Waals surface area contributed by atoms with E-state index in [-0.39, 0.29) is 12.1 Å². The first-order valence-corrected chi connectivity index (χ1v) is 9.64. The number of rotatable bonds is 4. The zero-order valence-corrected chi connectivity index (χ0v) is 17.2. The van der Waals surface area contributed by atoms with Gasteiger partial charge >= 0.3 is 6.09 Å². The quantitative estimate of drug-likeness (QED) is 0.786. The molecule has 0 aliphatic carbocycles. The highest BCUT2D eigenvalue weighted by molar-refractivity contribution is 9.10. The van der Waals surface area contributed by atoms with Gasteiger partial charge in [-0.2, -0.15) is 0 Å². The summed E-state index contributed by atoms with van der Waals surface area (Å²) in [6.07, 6.45) is 8.15. The fraction of sp³-hybridized carbons (Fsp3) is 0.500. The Labute approximate surface area is 166 Å². The van der Waals surface area contributed by atoms with Gasteiger partial charge in [0.15, 0.2) is 5.82 Å². The first-order valence-electron chi connectivity index (χ1n) is 8.85. The fourth-order valence-electron chi connectivity index (χ4n) is 2.88. The number of aromatic nitrogens is 4. The molecule has 9 heteroatoms. The summed E-state index contributed by atoms with van der Waals surface area (Å²) in [7, 11) is 0. The number of hydrogen-bond donors (Lipinski definition) is 1. The van der Waals surface area contributed by atoms with Crippen LogP contribution in [0.15, 0.2) is 29.5 Å². The standard InChI is InChI=1S/C18H23BrN6O2/c1-18(2,3)27-17(26)25-6-4-5-13(25)9-22-16-15(19)24-14(10-23-16)12-7-20-11-21-8-12/h7-8,10-11,13H,4-6,9H2,1-3H3,(H,22,23)/t13-/m0/s1. The van der Waals surface area contributed by atoms with Gasteiger partial charge in [-0.05, 0) is 49.5 Å².